The molecular weight excluding hydrogens is 348 g/mol. The van der Waals surface area contributed by atoms with Crippen molar-refractivity contribution in [1.29, 1.82) is 0 Å². The second-order valence-electron chi connectivity index (χ2n) is 7.47. The van der Waals surface area contributed by atoms with Crippen molar-refractivity contribution in [2.24, 2.45) is 5.73 Å². The van der Waals surface area contributed by atoms with Gasteiger partial charge in [0.1, 0.15) is 5.82 Å². The SMILES string of the molecule is CCc1nc(C[C@H](CN2CCC2)c2ccccc2)c2cccc(C(N)=O)c2n1. The van der Waals surface area contributed by atoms with Crippen molar-refractivity contribution in [1.82, 2.24) is 14.9 Å². The molecule has 5 nitrogen and oxygen atoms in total. The third-order valence-corrected chi connectivity index (χ3v) is 5.57. The molecule has 0 unspecified atom stereocenters. The van der Waals surface area contributed by atoms with Crippen LogP contribution in [0, 0.1) is 0 Å². The lowest BCUT2D eigenvalue weighted by molar-refractivity contribution is 0.100. The van der Waals surface area contributed by atoms with Gasteiger partial charge in [-0.1, -0.05) is 49.4 Å². The number of rotatable bonds is 7. The molecule has 1 amide bonds. The Balaban J connectivity index is 1.77. The number of aromatic nitrogens is 2. The molecule has 0 spiro atoms. The largest absolute Gasteiger partial charge is 0.366 e. The van der Waals surface area contributed by atoms with Gasteiger partial charge in [0.2, 0.25) is 0 Å². The Bertz CT molecular complexity index is 983. The number of aryl methyl sites for hydroxylation is 1. The first-order valence-electron chi connectivity index (χ1n) is 10.0. The van der Waals surface area contributed by atoms with Crippen LogP contribution in [0.3, 0.4) is 0 Å². The van der Waals surface area contributed by atoms with E-state index >= 15 is 0 Å². The zero-order valence-electron chi connectivity index (χ0n) is 16.3. The Labute approximate surface area is 165 Å². The molecule has 144 valence electrons. The molecule has 0 aliphatic carbocycles. The van der Waals surface area contributed by atoms with Gasteiger partial charge in [0.15, 0.2) is 0 Å². The van der Waals surface area contributed by atoms with Crippen LogP contribution < -0.4 is 5.73 Å². The molecule has 1 saturated heterocycles. The summed E-state index contributed by atoms with van der Waals surface area (Å²) in [7, 11) is 0. The minimum Gasteiger partial charge on any atom is -0.366 e. The van der Waals surface area contributed by atoms with Crippen molar-refractivity contribution in [3.8, 4) is 0 Å². The predicted molar refractivity (Wildman–Crippen MR) is 111 cm³/mol. The molecule has 4 rings (SSSR count). The molecule has 2 aromatic carbocycles. The van der Waals surface area contributed by atoms with Crippen LogP contribution in [0.2, 0.25) is 0 Å². The van der Waals surface area contributed by atoms with Crippen LogP contribution in [-0.2, 0) is 12.8 Å². The van der Waals surface area contributed by atoms with Crippen molar-refractivity contribution in [3.05, 3.63) is 71.2 Å². The van der Waals surface area contributed by atoms with Crippen LogP contribution in [0.5, 0.6) is 0 Å². The van der Waals surface area contributed by atoms with Gasteiger partial charge < -0.3 is 10.6 Å². The summed E-state index contributed by atoms with van der Waals surface area (Å²) in [6.45, 7) is 5.39. The van der Waals surface area contributed by atoms with Crippen molar-refractivity contribution in [2.45, 2.75) is 32.1 Å². The zero-order chi connectivity index (χ0) is 19.5. The summed E-state index contributed by atoms with van der Waals surface area (Å²) in [4.78, 5) is 23.9. The smallest absolute Gasteiger partial charge is 0.250 e. The number of amides is 1. The highest BCUT2D eigenvalue weighted by Crippen LogP contribution is 2.28. The highest BCUT2D eigenvalue weighted by Gasteiger charge is 2.23. The summed E-state index contributed by atoms with van der Waals surface area (Å²) in [5.74, 6) is 0.658. The molecule has 28 heavy (non-hydrogen) atoms. The molecule has 2 N–H and O–H groups in total. The molecule has 1 atom stereocenters. The molecular formula is C23H26N4O. The van der Waals surface area contributed by atoms with E-state index in [9.17, 15) is 4.79 Å². The van der Waals surface area contributed by atoms with E-state index in [0.717, 1.165) is 36.3 Å². The average molecular weight is 374 g/mol. The van der Waals surface area contributed by atoms with Gasteiger partial charge >= 0.3 is 0 Å². The van der Waals surface area contributed by atoms with Gasteiger partial charge in [-0.2, -0.15) is 0 Å². The molecule has 1 aliphatic rings. The lowest BCUT2D eigenvalue weighted by Gasteiger charge is -2.34. The maximum absolute atomic E-state index is 11.9. The lowest BCUT2D eigenvalue weighted by atomic mass is 9.91. The number of benzene rings is 2. The number of fused-ring (bicyclic) bond motifs is 1. The van der Waals surface area contributed by atoms with Gasteiger partial charge in [0.05, 0.1) is 16.8 Å². The Hall–Kier alpha value is -2.79. The predicted octanol–water partition coefficient (Wildman–Crippen LogP) is 3.32. The fourth-order valence-corrected chi connectivity index (χ4v) is 3.90. The Kier molecular flexibility index (Phi) is 5.35. The maximum Gasteiger partial charge on any atom is 0.250 e. The minimum absolute atomic E-state index is 0.349. The van der Waals surface area contributed by atoms with Crippen LogP contribution in [0.4, 0.5) is 0 Å². The van der Waals surface area contributed by atoms with Crippen LogP contribution in [0.25, 0.3) is 10.9 Å². The second kappa shape index (κ2) is 8.07. The molecule has 1 fully saturated rings. The quantitative estimate of drug-likeness (QED) is 0.689. The van der Waals surface area contributed by atoms with Crippen molar-refractivity contribution < 1.29 is 4.79 Å². The van der Waals surface area contributed by atoms with Crippen molar-refractivity contribution in [3.63, 3.8) is 0 Å². The topological polar surface area (TPSA) is 72.1 Å². The van der Waals surface area contributed by atoms with Gasteiger partial charge in [0.25, 0.3) is 5.91 Å². The second-order valence-corrected chi connectivity index (χ2v) is 7.47. The summed E-state index contributed by atoms with van der Waals surface area (Å²) >= 11 is 0. The van der Waals surface area contributed by atoms with E-state index in [2.05, 4.69) is 40.2 Å². The lowest BCUT2D eigenvalue weighted by Crippen LogP contribution is -2.40. The number of nitrogens with zero attached hydrogens (tertiary/aromatic N) is 3. The molecule has 0 saturated carbocycles. The van der Waals surface area contributed by atoms with Crippen LogP contribution in [-0.4, -0.2) is 40.4 Å². The van der Waals surface area contributed by atoms with Gasteiger partial charge in [0, 0.05) is 24.3 Å². The fraction of sp³-hybridized carbons (Fsp3) is 0.348. The van der Waals surface area contributed by atoms with E-state index in [4.69, 9.17) is 10.7 Å². The molecule has 3 aromatic rings. The monoisotopic (exact) mass is 374 g/mol. The van der Waals surface area contributed by atoms with E-state index < -0.39 is 5.91 Å². The summed E-state index contributed by atoms with van der Waals surface area (Å²) in [6, 6.07) is 16.3. The molecule has 0 bridgehead atoms. The number of likely N-dealkylation sites (tertiary alicyclic amines) is 1. The van der Waals surface area contributed by atoms with Crippen LogP contribution in [0.15, 0.2) is 48.5 Å². The van der Waals surface area contributed by atoms with Crippen molar-refractivity contribution >= 4 is 16.8 Å². The summed E-state index contributed by atoms with van der Waals surface area (Å²) in [5, 5.41) is 0.929. The normalized spacial score (nSPS) is 15.3. The molecule has 2 heterocycles. The Morgan fingerprint density at radius 3 is 2.54 bits per heavy atom. The number of hydrogen-bond acceptors (Lipinski definition) is 4. The third kappa shape index (κ3) is 3.76. The first-order valence-corrected chi connectivity index (χ1v) is 10.0. The van der Waals surface area contributed by atoms with Gasteiger partial charge in [-0.25, -0.2) is 9.97 Å². The molecule has 5 heteroatoms. The number of primary amides is 1. The van der Waals surface area contributed by atoms with E-state index in [-0.39, 0.29) is 0 Å². The molecule has 1 aromatic heterocycles. The minimum atomic E-state index is -0.447. The average Bonchev–Trinajstić information content (AvgIpc) is 2.69. The zero-order valence-corrected chi connectivity index (χ0v) is 16.3. The van der Waals surface area contributed by atoms with E-state index in [0.29, 0.717) is 17.0 Å². The number of nitrogens with two attached hydrogens (primary N) is 1. The number of para-hydroxylation sites is 1. The van der Waals surface area contributed by atoms with Gasteiger partial charge in [-0.15, -0.1) is 0 Å². The van der Waals surface area contributed by atoms with Crippen LogP contribution >= 0.6 is 0 Å². The number of carbonyl (C=O) groups is 1. The highest BCUT2D eigenvalue weighted by molar-refractivity contribution is 6.05. The summed E-state index contributed by atoms with van der Waals surface area (Å²) in [6.07, 6.45) is 2.81. The first-order chi connectivity index (χ1) is 13.7. The van der Waals surface area contributed by atoms with Gasteiger partial charge in [-0.3, -0.25) is 4.79 Å². The van der Waals surface area contributed by atoms with Crippen LogP contribution in [0.1, 0.15) is 46.7 Å². The third-order valence-electron chi connectivity index (χ3n) is 5.57. The van der Waals surface area contributed by atoms with E-state index in [1.165, 1.54) is 25.1 Å². The Morgan fingerprint density at radius 1 is 1.11 bits per heavy atom. The number of hydrogen-bond donors (Lipinski definition) is 1. The number of carbonyl (C=O) groups excluding carboxylic acids is 1. The standard InChI is InChI=1S/C23H26N4O/c1-2-21-25-20(18-10-6-11-19(23(24)28)22(18)26-21)14-17(15-27-12-7-13-27)16-8-4-3-5-9-16/h3-6,8-11,17H,2,7,12-15H2,1H3,(H2,24,28)/t17-/m1/s1. The fourth-order valence-electron chi connectivity index (χ4n) is 3.90. The molecule has 0 radical (unpaired) electrons. The maximum atomic E-state index is 11.9. The van der Waals surface area contributed by atoms with E-state index in [1.54, 1.807) is 6.07 Å². The van der Waals surface area contributed by atoms with E-state index in [1.807, 2.05) is 19.1 Å². The van der Waals surface area contributed by atoms with Gasteiger partial charge in [-0.05, 0) is 37.6 Å². The first kappa shape index (κ1) is 18.6. The van der Waals surface area contributed by atoms with Crippen molar-refractivity contribution in [2.75, 3.05) is 19.6 Å². The Morgan fingerprint density at radius 2 is 1.89 bits per heavy atom. The summed E-state index contributed by atoms with van der Waals surface area (Å²) in [5.41, 5.74) is 9.06. The highest BCUT2D eigenvalue weighted by atomic mass is 16.1. The summed E-state index contributed by atoms with van der Waals surface area (Å²) < 4.78 is 0. The molecule has 1 aliphatic heterocycles.